The molecular weight excluding hydrogens is 522 g/mol. The fourth-order valence-electron chi connectivity index (χ4n) is 5.96. The topological polar surface area (TPSA) is 229 Å². The van der Waals surface area contributed by atoms with E-state index in [1.54, 1.807) is 20.0 Å². The lowest BCUT2D eigenvalue weighted by Crippen LogP contribution is -2.70. The van der Waals surface area contributed by atoms with E-state index in [2.05, 4.69) is 10.1 Å². The first-order chi connectivity index (χ1) is 18.3. The van der Waals surface area contributed by atoms with Crippen molar-refractivity contribution in [1.82, 2.24) is 5.32 Å². The van der Waals surface area contributed by atoms with Crippen molar-refractivity contribution < 1.29 is 64.0 Å². The van der Waals surface area contributed by atoms with Gasteiger partial charge in [-0.05, 0) is 37.6 Å². The number of phenolic OH excluding ortho intramolecular Hbond substituents is 1. The third-order valence-electron chi connectivity index (χ3n) is 7.80. The van der Waals surface area contributed by atoms with Crippen molar-refractivity contribution >= 4 is 23.9 Å². The third-order valence-corrected chi connectivity index (χ3v) is 7.80. The molecule has 0 saturated carbocycles. The Morgan fingerprint density at radius 3 is 2.41 bits per heavy atom. The predicted octanol–water partition coefficient (Wildman–Crippen LogP) is -1.30. The number of aliphatic carboxylic acids is 2. The smallest absolute Gasteiger partial charge is 0.345 e. The van der Waals surface area contributed by atoms with Crippen molar-refractivity contribution in [3.8, 4) is 11.5 Å². The zero-order valence-corrected chi connectivity index (χ0v) is 21.0. The Morgan fingerprint density at radius 1 is 1.15 bits per heavy atom. The average Bonchev–Trinajstić information content (AvgIpc) is 3.27. The van der Waals surface area contributed by atoms with E-state index in [1.807, 2.05) is 0 Å². The van der Waals surface area contributed by atoms with Crippen LogP contribution in [0.1, 0.15) is 37.3 Å². The first-order valence-electron chi connectivity index (χ1n) is 12.2. The number of aliphatic hydroxyl groups is 3. The number of carboxylic acids is 2. The number of nitrogens with one attached hydrogen (secondary N) is 1. The second kappa shape index (κ2) is 10.1. The van der Waals surface area contributed by atoms with Crippen LogP contribution in [0.25, 0.3) is 0 Å². The van der Waals surface area contributed by atoms with E-state index in [1.165, 1.54) is 12.1 Å². The van der Waals surface area contributed by atoms with E-state index in [4.69, 9.17) is 19.7 Å². The minimum atomic E-state index is -2.60. The highest BCUT2D eigenvalue weighted by Gasteiger charge is 2.69. The Bertz CT molecular complexity index is 1240. The summed E-state index contributed by atoms with van der Waals surface area (Å²) in [4.78, 5) is 46.8. The van der Waals surface area contributed by atoms with Crippen LogP contribution in [0.2, 0.25) is 0 Å². The number of carbonyl (C=O) groups is 4. The molecule has 0 saturated heterocycles. The maximum Gasteiger partial charge on any atom is 0.345 e. The number of benzene rings is 1. The number of carbonyl (C=O) groups excluding carboxylic acids is 2. The molecule has 7 N–H and O–H groups in total. The van der Waals surface area contributed by atoms with Crippen LogP contribution >= 0.6 is 0 Å². The number of aliphatic hydroxyl groups excluding tert-OH is 2. The van der Waals surface area contributed by atoms with Crippen molar-refractivity contribution in [1.29, 1.82) is 0 Å². The van der Waals surface area contributed by atoms with Crippen LogP contribution in [0.4, 0.5) is 0 Å². The summed E-state index contributed by atoms with van der Waals surface area (Å²) in [5.74, 6) is -6.89. The quantitative estimate of drug-likeness (QED) is 0.168. The standard InChI is InChI=1S/C25H29NO13/c1-3-24-16-10-4-5-11(27)19(16)39-20(24)12(6-7-25(24,36)14(8-10)26-2)37-22(34)17(30)18(31)23(35)38-13(21(32)33)9-15(28)29/h4-6,13-14,17-18,20,26-27,30-31,36H,3,7-9H2,1-2H3,(H,28,29)(H,32,33)/t13-,14-,17-,18-,20+,24+,25-/m1/s1. The van der Waals surface area contributed by atoms with E-state index < -0.39 is 71.8 Å². The lowest BCUT2D eigenvalue weighted by molar-refractivity contribution is -0.181. The van der Waals surface area contributed by atoms with Crippen LogP contribution in [0.15, 0.2) is 24.0 Å². The van der Waals surface area contributed by atoms with Gasteiger partial charge in [-0.3, -0.25) is 4.79 Å². The maximum atomic E-state index is 12.8. The van der Waals surface area contributed by atoms with Crippen LogP contribution in [-0.2, 0) is 40.5 Å². The Labute approximate surface area is 221 Å². The molecular formula is C25H29NO13. The molecule has 3 aliphatic rings. The van der Waals surface area contributed by atoms with Gasteiger partial charge in [0.1, 0.15) is 5.76 Å². The number of hydrogen-bond acceptors (Lipinski definition) is 12. The van der Waals surface area contributed by atoms with Gasteiger partial charge in [0.2, 0.25) is 6.10 Å². The van der Waals surface area contributed by atoms with E-state index >= 15 is 0 Å². The molecule has 1 aromatic rings. The highest BCUT2D eigenvalue weighted by atomic mass is 16.6. The first-order valence-corrected chi connectivity index (χ1v) is 12.2. The molecule has 212 valence electrons. The van der Waals surface area contributed by atoms with Crippen molar-refractivity contribution in [2.24, 2.45) is 0 Å². The predicted molar refractivity (Wildman–Crippen MR) is 127 cm³/mol. The zero-order chi connectivity index (χ0) is 28.9. The third kappa shape index (κ3) is 4.29. The summed E-state index contributed by atoms with van der Waals surface area (Å²) in [5, 5.41) is 63.8. The van der Waals surface area contributed by atoms with Crippen LogP contribution < -0.4 is 10.1 Å². The van der Waals surface area contributed by atoms with E-state index in [-0.39, 0.29) is 23.7 Å². The molecule has 39 heavy (non-hydrogen) atoms. The average molecular weight is 552 g/mol. The van der Waals surface area contributed by atoms with Gasteiger partial charge < -0.3 is 50.2 Å². The van der Waals surface area contributed by atoms with Crippen LogP contribution in [0, 0.1) is 0 Å². The number of esters is 2. The zero-order valence-electron chi connectivity index (χ0n) is 21.0. The molecule has 2 aliphatic carbocycles. The van der Waals surface area contributed by atoms with Gasteiger partial charge in [-0.25, -0.2) is 14.4 Å². The number of carboxylic acid groups (broad SMARTS) is 2. The molecule has 1 aromatic carbocycles. The van der Waals surface area contributed by atoms with Gasteiger partial charge in [0.05, 0.1) is 17.4 Å². The first kappa shape index (κ1) is 28.3. The Hall–Kier alpha value is -3.72. The van der Waals surface area contributed by atoms with Crippen molar-refractivity contribution in [3.05, 3.63) is 35.1 Å². The summed E-state index contributed by atoms with van der Waals surface area (Å²) in [5.41, 5.74) is -1.22. The maximum absolute atomic E-state index is 12.8. The second-order valence-electron chi connectivity index (χ2n) is 9.72. The molecule has 0 radical (unpaired) electrons. The van der Waals surface area contributed by atoms with Gasteiger partial charge in [0, 0.05) is 18.0 Å². The summed E-state index contributed by atoms with van der Waals surface area (Å²) in [6.45, 7) is 1.80. The normalized spacial score (nSPS) is 28.7. The molecule has 0 spiro atoms. The van der Waals surface area contributed by atoms with Gasteiger partial charge in [0.15, 0.2) is 29.8 Å². The molecule has 0 bridgehead atoms. The lowest BCUT2D eigenvalue weighted by atomic mass is 9.52. The molecule has 0 fully saturated rings. The monoisotopic (exact) mass is 551 g/mol. The number of phenols is 1. The SMILES string of the molecule is CC[C@]12c3c4ccc(O)c3O[C@H]1C(OC(=O)[C@H](O)[C@@H](O)C(=O)O[C@H](CC(=O)O)C(=O)O)=CC[C@@]2(O)[C@H](NC)C4. The molecule has 14 heteroatoms. The Morgan fingerprint density at radius 2 is 1.82 bits per heavy atom. The Kier molecular flexibility index (Phi) is 7.33. The van der Waals surface area contributed by atoms with Crippen LogP contribution in [0.5, 0.6) is 11.5 Å². The van der Waals surface area contributed by atoms with Gasteiger partial charge in [-0.1, -0.05) is 13.0 Å². The number of ether oxygens (including phenoxy) is 3. The molecule has 4 rings (SSSR count). The molecule has 14 nitrogen and oxygen atoms in total. The number of likely N-dealkylation sites (N-methyl/N-ethyl adjacent to an activating group) is 1. The van der Waals surface area contributed by atoms with Gasteiger partial charge >= 0.3 is 23.9 Å². The molecule has 1 heterocycles. The van der Waals surface area contributed by atoms with Gasteiger partial charge in [-0.2, -0.15) is 0 Å². The van der Waals surface area contributed by atoms with Crippen LogP contribution in [-0.4, -0.2) is 97.6 Å². The summed E-state index contributed by atoms with van der Waals surface area (Å²) in [7, 11) is 1.70. The van der Waals surface area contributed by atoms with Gasteiger partial charge in [-0.15, -0.1) is 0 Å². The molecule has 0 aromatic heterocycles. The summed E-state index contributed by atoms with van der Waals surface area (Å²) in [6, 6.07) is 2.75. The van der Waals surface area contributed by atoms with E-state index in [9.17, 15) is 39.6 Å². The minimum Gasteiger partial charge on any atom is -0.504 e. The Balaban J connectivity index is 1.59. The minimum absolute atomic E-state index is 0.0144. The van der Waals surface area contributed by atoms with Gasteiger partial charge in [0.25, 0.3) is 0 Å². The summed E-state index contributed by atoms with van der Waals surface area (Å²) in [6.07, 6.45) is -7.47. The van der Waals surface area contributed by atoms with Crippen molar-refractivity contribution in [2.45, 2.75) is 74.1 Å². The fraction of sp³-hybridized carbons (Fsp3) is 0.520. The van der Waals surface area contributed by atoms with Crippen molar-refractivity contribution in [3.63, 3.8) is 0 Å². The number of aromatic hydroxyl groups is 1. The molecule has 0 unspecified atom stereocenters. The molecule has 0 amide bonds. The van der Waals surface area contributed by atoms with E-state index in [0.717, 1.165) is 5.56 Å². The largest absolute Gasteiger partial charge is 0.504 e. The summed E-state index contributed by atoms with van der Waals surface area (Å²) < 4.78 is 15.8. The summed E-state index contributed by atoms with van der Waals surface area (Å²) >= 11 is 0. The highest BCUT2D eigenvalue weighted by molar-refractivity contribution is 5.88. The number of rotatable bonds is 10. The number of hydrogen-bond donors (Lipinski definition) is 7. The lowest BCUT2D eigenvalue weighted by Gasteiger charge is -2.56. The van der Waals surface area contributed by atoms with Crippen LogP contribution in [0.3, 0.4) is 0 Å². The molecule has 1 aliphatic heterocycles. The van der Waals surface area contributed by atoms with E-state index in [0.29, 0.717) is 18.4 Å². The molecule has 7 atom stereocenters. The van der Waals surface area contributed by atoms with Crippen molar-refractivity contribution in [2.75, 3.05) is 7.05 Å². The second-order valence-corrected chi connectivity index (χ2v) is 9.72. The highest BCUT2D eigenvalue weighted by Crippen LogP contribution is 2.63. The fourth-order valence-corrected chi connectivity index (χ4v) is 5.96.